The van der Waals surface area contributed by atoms with Crippen molar-refractivity contribution in [3.63, 3.8) is 0 Å². The fraction of sp³-hybridized carbons (Fsp3) is 0.267. The molecule has 1 atom stereocenters. The number of benzene rings is 1. The third kappa shape index (κ3) is 3.10. The van der Waals surface area contributed by atoms with Gasteiger partial charge in [-0.05, 0) is 12.5 Å². The van der Waals surface area contributed by atoms with Crippen LogP contribution >= 0.6 is 0 Å². The van der Waals surface area contributed by atoms with Crippen LogP contribution < -0.4 is 5.32 Å². The van der Waals surface area contributed by atoms with Gasteiger partial charge < -0.3 is 10.4 Å². The van der Waals surface area contributed by atoms with Gasteiger partial charge in [-0.2, -0.15) is 5.10 Å². The van der Waals surface area contributed by atoms with E-state index in [-0.39, 0.29) is 6.61 Å². The lowest BCUT2D eigenvalue weighted by Gasteiger charge is -2.29. The summed E-state index contributed by atoms with van der Waals surface area (Å²) in [6.07, 6.45) is 5.34. The van der Waals surface area contributed by atoms with Crippen molar-refractivity contribution in [2.75, 3.05) is 6.61 Å². The summed E-state index contributed by atoms with van der Waals surface area (Å²) in [6.45, 7) is 6.32. The number of rotatable bonds is 6. The zero-order chi connectivity index (χ0) is 13.7. The molecule has 0 radical (unpaired) electrons. The van der Waals surface area contributed by atoms with Crippen molar-refractivity contribution in [3.8, 4) is 0 Å². The van der Waals surface area contributed by atoms with Crippen molar-refractivity contribution < 1.29 is 5.11 Å². The average Bonchev–Trinajstić information content (AvgIpc) is 2.94. The maximum Gasteiger partial charge on any atom is 0.0652 e. The first kappa shape index (κ1) is 13.5. The van der Waals surface area contributed by atoms with E-state index in [4.69, 9.17) is 0 Å². The van der Waals surface area contributed by atoms with Gasteiger partial charge in [-0.1, -0.05) is 36.9 Å². The topological polar surface area (TPSA) is 50.1 Å². The number of nitrogens with one attached hydrogen (secondary N) is 1. The van der Waals surface area contributed by atoms with E-state index < -0.39 is 5.54 Å². The second kappa shape index (κ2) is 5.82. The normalized spacial score (nSPS) is 14.0. The quantitative estimate of drug-likeness (QED) is 0.832. The van der Waals surface area contributed by atoms with Crippen LogP contribution in [0.1, 0.15) is 18.1 Å². The molecule has 4 nitrogen and oxygen atoms in total. The van der Waals surface area contributed by atoms with Crippen molar-refractivity contribution in [1.82, 2.24) is 15.1 Å². The molecular formula is C15H19N3O. The van der Waals surface area contributed by atoms with E-state index in [1.54, 1.807) is 17.1 Å². The van der Waals surface area contributed by atoms with Crippen molar-refractivity contribution in [2.45, 2.75) is 19.0 Å². The number of hydrogen-bond acceptors (Lipinski definition) is 3. The van der Waals surface area contributed by atoms with Crippen molar-refractivity contribution in [3.05, 3.63) is 60.4 Å². The third-order valence-corrected chi connectivity index (χ3v) is 3.25. The van der Waals surface area contributed by atoms with Gasteiger partial charge >= 0.3 is 0 Å². The molecule has 0 saturated heterocycles. The van der Waals surface area contributed by atoms with Crippen LogP contribution in [-0.2, 0) is 12.1 Å². The molecule has 0 saturated carbocycles. The van der Waals surface area contributed by atoms with Crippen LogP contribution in [0.3, 0.4) is 0 Å². The van der Waals surface area contributed by atoms with Crippen LogP contribution in [0.15, 0.2) is 49.3 Å². The zero-order valence-electron chi connectivity index (χ0n) is 11.1. The summed E-state index contributed by atoms with van der Waals surface area (Å²) < 4.78 is 1.66. The molecule has 1 aromatic heterocycles. The Balaban J connectivity index is 2.08. The highest BCUT2D eigenvalue weighted by molar-refractivity contribution is 5.24. The number of hydrogen-bond donors (Lipinski definition) is 2. The van der Waals surface area contributed by atoms with Crippen LogP contribution in [-0.4, -0.2) is 21.5 Å². The molecule has 4 heteroatoms. The number of aliphatic hydroxyl groups excluding tert-OH is 1. The molecule has 0 fully saturated rings. The molecule has 0 amide bonds. The molecule has 0 aliphatic heterocycles. The van der Waals surface area contributed by atoms with Crippen LogP contribution in [0, 0.1) is 0 Å². The van der Waals surface area contributed by atoms with E-state index in [0.717, 1.165) is 11.1 Å². The van der Waals surface area contributed by atoms with Crippen LogP contribution in [0.25, 0.3) is 6.20 Å². The molecule has 0 aliphatic carbocycles. The maximum absolute atomic E-state index is 9.67. The maximum atomic E-state index is 9.67. The van der Waals surface area contributed by atoms with Gasteiger partial charge in [0.15, 0.2) is 0 Å². The number of nitrogens with zero attached hydrogens (tertiary/aromatic N) is 2. The van der Waals surface area contributed by atoms with Crippen molar-refractivity contribution in [1.29, 1.82) is 0 Å². The van der Waals surface area contributed by atoms with Gasteiger partial charge in [-0.3, -0.25) is 0 Å². The molecule has 0 bridgehead atoms. The Bertz CT molecular complexity index is 535. The second-order valence-corrected chi connectivity index (χ2v) is 4.72. The lowest BCUT2D eigenvalue weighted by molar-refractivity contribution is 0.173. The summed E-state index contributed by atoms with van der Waals surface area (Å²) in [5.74, 6) is 0. The molecule has 1 unspecified atom stereocenters. The summed E-state index contributed by atoms with van der Waals surface area (Å²) in [7, 11) is 0. The van der Waals surface area contributed by atoms with E-state index >= 15 is 0 Å². The highest BCUT2D eigenvalue weighted by Crippen LogP contribution is 2.20. The Kier molecular flexibility index (Phi) is 4.14. The van der Waals surface area contributed by atoms with E-state index in [2.05, 4.69) is 17.0 Å². The highest BCUT2D eigenvalue weighted by Gasteiger charge is 2.24. The van der Waals surface area contributed by atoms with Gasteiger partial charge in [0.2, 0.25) is 0 Å². The van der Waals surface area contributed by atoms with Gasteiger partial charge in [0.25, 0.3) is 0 Å². The van der Waals surface area contributed by atoms with Crippen molar-refractivity contribution in [2.24, 2.45) is 0 Å². The fourth-order valence-corrected chi connectivity index (χ4v) is 1.92. The Morgan fingerprint density at radius 2 is 2.16 bits per heavy atom. The minimum absolute atomic E-state index is 0.0343. The monoisotopic (exact) mass is 257 g/mol. The Hall–Kier alpha value is -1.91. The van der Waals surface area contributed by atoms with Gasteiger partial charge in [0, 0.05) is 24.5 Å². The molecule has 1 aromatic carbocycles. The second-order valence-electron chi connectivity index (χ2n) is 4.72. The zero-order valence-corrected chi connectivity index (χ0v) is 11.1. The molecule has 1 heterocycles. The number of aliphatic hydroxyl groups is 1. The largest absolute Gasteiger partial charge is 0.394 e. The summed E-state index contributed by atoms with van der Waals surface area (Å²) in [4.78, 5) is 0. The minimum Gasteiger partial charge on any atom is -0.394 e. The predicted molar refractivity (Wildman–Crippen MR) is 76.3 cm³/mol. The predicted octanol–water partition coefficient (Wildman–Crippen LogP) is 1.98. The molecule has 100 valence electrons. The van der Waals surface area contributed by atoms with Crippen molar-refractivity contribution >= 4 is 6.20 Å². The molecular weight excluding hydrogens is 238 g/mol. The van der Waals surface area contributed by atoms with E-state index in [0.29, 0.717) is 6.54 Å². The van der Waals surface area contributed by atoms with Crippen LogP contribution in [0.5, 0.6) is 0 Å². The first-order valence-corrected chi connectivity index (χ1v) is 6.25. The average molecular weight is 257 g/mol. The Labute approximate surface area is 113 Å². The smallest absolute Gasteiger partial charge is 0.0652 e. The molecule has 0 spiro atoms. The van der Waals surface area contributed by atoms with Gasteiger partial charge in [-0.15, -0.1) is 0 Å². The molecule has 2 rings (SSSR count). The molecule has 2 aromatic rings. The van der Waals surface area contributed by atoms with Crippen LogP contribution in [0.2, 0.25) is 0 Å². The third-order valence-electron chi connectivity index (χ3n) is 3.25. The SMILES string of the molecule is C=Cn1cc(CNC(C)(CO)c2ccccc2)cn1. The van der Waals surface area contributed by atoms with E-state index in [9.17, 15) is 5.11 Å². The molecule has 0 aliphatic rings. The highest BCUT2D eigenvalue weighted by atomic mass is 16.3. The van der Waals surface area contributed by atoms with Gasteiger partial charge in [-0.25, -0.2) is 4.68 Å². The van der Waals surface area contributed by atoms with Crippen LogP contribution in [0.4, 0.5) is 0 Å². The number of aromatic nitrogens is 2. The summed E-state index contributed by atoms with van der Waals surface area (Å²) in [5.41, 5.74) is 1.65. The Morgan fingerprint density at radius 1 is 1.42 bits per heavy atom. The van der Waals surface area contributed by atoms with Gasteiger partial charge in [0.1, 0.15) is 0 Å². The molecule has 2 N–H and O–H groups in total. The van der Waals surface area contributed by atoms with E-state index in [1.165, 1.54) is 0 Å². The summed E-state index contributed by atoms with van der Waals surface area (Å²) in [5, 5.41) is 17.2. The summed E-state index contributed by atoms with van der Waals surface area (Å²) in [6, 6.07) is 9.93. The fourth-order valence-electron chi connectivity index (χ4n) is 1.92. The summed E-state index contributed by atoms with van der Waals surface area (Å²) >= 11 is 0. The minimum atomic E-state index is -0.461. The first-order chi connectivity index (χ1) is 9.18. The molecule has 19 heavy (non-hydrogen) atoms. The standard InChI is InChI=1S/C15H19N3O/c1-3-18-11-13(10-17-18)9-16-15(2,12-19)14-7-5-4-6-8-14/h3-8,10-11,16,19H,1,9,12H2,2H3. The lowest BCUT2D eigenvalue weighted by atomic mass is 9.93. The van der Waals surface area contributed by atoms with Gasteiger partial charge in [0.05, 0.1) is 18.3 Å². The first-order valence-electron chi connectivity index (χ1n) is 6.25. The van der Waals surface area contributed by atoms with E-state index in [1.807, 2.05) is 43.5 Å². The Morgan fingerprint density at radius 3 is 2.74 bits per heavy atom. The lowest BCUT2D eigenvalue weighted by Crippen LogP contribution is -2.42.